The summed E-state index contributed by atoms with van der Waals surface area (Å²) in [7, 11) is 1.90. The number of rotatable bonds is 5. The molecule has 4 heteroatoms. The number of hydrogen-bond acceptors (Lipinski definition) is 4. The van der Waals surface area contributed by atoms with E-state index in [2.05, 4.69) is 36.5 Å². The molecule has 0 saturated carbocycles. The van der Waals surface area contributed by atoms with E-state index in [1.807, 2.05) is 14.0 Å². The molecule has 1 rings (SSSR count). The zero-order valence-corrected chi connectivity index (χ0v) is 12.3. The van der Waals surface area contributed by atoms with E-state index >= 15 is 0 Å². The van der Waals surface area contributed by atoms with Crippen molar-refractivity contribution in [3.63, 3.8) is 0 Å². The molecule has 1 heterocycles. The van der Waals surface area contributed by atoms with E-state index < -0.39 is 5.60 Å². The zero-order valence-electron chi connectivity index (χ0n) is 11.5. The van der Waals surface area contributed by atoms with Crippen molar-refractivity contribution in [1.82, 2.24) is 10.3 Å². The first kappa shape index (κ1) is 14.6. The van der Waals surface area contributed by atoms with Gasteiger partial charge in [-0.1, -0.05) is 20.8 Å². The molecule has 1 unspecified atom stereocenters. The van der Waals surface area contributed by atoms with Gasteiger partial charge in [-0.15, -0.1) is 11.3 Å². The van der Waals surface area contributed by atoms with Crippen molar-refractivity contribution in [3.8, 4) is 0 Å². The van der Waals surface area contributed by atoms with Crippen LogP contribution in [0.15, 0.2) is 5.38 Å². The van der Waals surface area contributed by atoms with E-state index in [0.717, 1.165) is 23.7 Å². The average molecular weight is 256 g/mol. The Labute approximate surface area is 108 Å². The minimum absolute atomic E-state index is 0.0889. The normalized spacial score (nSPS) is 15.9. The number of nitrogens with zero attached hydrogens (tertiary/aromatic N) is 1. The third kappa shape index (κ3) is 4.74. The maximum atomic E-state index is 10.2. The fourth-order valence-corrected chi connectivity index (χ4v) is 2.74. The lowest BCUT2D eigenvalue weighted by Crippen LogP contribution is -2.31. The first-order chi connectivity index (χ1) is 7.74. The van der Waals surface area contributed by atoms with Gasteiger partial charge in [-0.3, -0.25) is 0 Å². The molecule has 98 valence electrons. The predicted molar refractivity (Wildman–Crippen MR) is 73.7 cm³/mol. The number of thiazole rings is 1. The Morgan fingerprint density at radius 2 is 2.00 bits per heavy atom. The molecule has 0 fully saturated rings. The molecular weight excluding hydrogens is 232 g/mol. The van der Waals surface area contributed by atoms with Crippen LogP contribution in [0.1, 0.15) is 44.8 Å². The van der Waals surface area contributed by atoms with E-state index in [4.69, 9.17) is 0 Å². The predicted octanol–water partition coefficient (Wildman–Crippen LogP) is 2.34. The van der Waals surface area contributed by atoms with Crippen molar-refractivity contribution in [3.05, 3.63) is 16.1 Å². The van der Waals surface area contributed by atoms with Gasteiger partial charge < -0.3 is 10.4 Å². The number of aromatic nitrogens is 1. The molecule has 17 heavy (non-hydrogen) atoms. The summed E-state index contributed by atoms with van der Waals surface area (Å²) in [4.78, 5) is 4.61. The van der Waals surface area contributed by atoms with Crippen molar-refractivity contribution < 1.29 is 5.11 Å². The van der Waals surface area contributed by atoms with Crippen molar-refractivity contribution in [2.45, 2.75) is 51.6 Å². The highest BCUT2D eigenvalue weighted by atomic mass is 32.1. The largest absolute Gasteiger partial charge is 0.390 e. The third-order valence-electron chi connectivity index (χ3n) is 2.77. The molecule has 0 bridgehead atoms. The van der Waals surface area contributed by atoms with Crippen LogP contribution in [-0.2, 0) is 11.8 Å². The molecule has 3 nitrogen and oxygen atoms in total. The average Bonchev–Trinajstić information content (AvgIpc) is 2.62. The van der Waals surface area contributed by atoms with Gasteiger partial charge in [-0.2, -0.15) is 0 Å². The van der Waals surface area contributed by atoms with Gasteiger partial charge in [0, 0.05) is 17.2 Å². The lowest BCUT2D eigenvalue weighted by Gasteiger charge is -2.22. The second-order valence-electron chi connectivity index (χ2n) is 5.90. The summed E-state index contributed by atoms with van der Waals surface area (Å²) in [5, 5.41) is 16.4. The molecular formula is C13H24N2OS. The zero-order chi connectivity index (χ0) is 13.1. The van der Waals surface area contributed by atoms with Gasteiger partial charge in [-0.25, -0.2) is 4.98 Å². The fourth-order valence-electron chi connectivity index (χ4n) is 1.55. The Kier molecular flexibility index (Phi) is 4.69. The van der Waals surface area contributed by atoms with Gasteiger partial charge in [0.1, 0.15) is 0 Å². The molecule has 0 aliphatic carbocycles. The standard InChI is InChI=1S/C13H24N2OS/c1-12(2,3)10-9-17-11(15-10)8-13(4,16)6-7-14-5/h9,14,16H,6-8H2,1-5H3. The summed E-state index contributed by atoms with van der Waals surface area (Å²) in [6.07, 6.45) is 1.38. The van der Waals surface area contributed by atoms with Gasteiger partial charge in [0.15, 0.2) is 0 Å². The second kappa shape index (κ2) is 5.46. The summed E-state index contributed by atoms with van der Waals surface area (Å²) in [5.41, 5.74) is 0.531. The Hall–Kier alpha value is -0.450. The van der Waals surface area contributed by atoms with Gasteiger partial charge in [0.05, 0.1) is 16.3 Å². The van der Waals surface area contributed by atoms with Crippen LogP contribution in [-0.4, -0.2) is 29.3 Å². The monoisotopic (exact) mass is 256 g/mol. The SMILES string of the molecule is CNCCC(C)(O)Cc1nc(C(C)(C)C)cs1. The van der Waals surface area contributed by atoms with E-state index in [1.54, 1.807) is 11.3 Å². The lowest BCUT2D eigenvalue weighted by molar-refractivity contribution is 0.0519. The van der Waals surface area contributed by atoms with Crippen LogP contribution >= 0.6 is 11.3 Å². The molecule has 1 aromatic heterocycles. The molecule has 0 aliphatic rings. The summed E-state index contributed by atoms with van der Waals surface area (Å²) in [6.45, 7) is 9.17. The number of aliphatic hydroxyl groups is 1. The number of nitrogens with one attached hydrogen (secondary N) is 1. The Morgan fingerprint density at radius 3 is 2.47 bits per heavy atom. The fraction of sp³-hybridized carbons (Fsp3) is 0.769. The van der Waals surface area contributed by atoms with Gasteiger partial charge >= 0.3 is 0 Å². The first-order valence-electron chi connectivity index (χ1n) is 6.06. The van der Waals surface area contributed by atoms with Crippen LogP contribution in [0.4, 0.5) is 0 Å². The highest BCUT2D eigenvalue weighted by Crippen LogP contribution is 2.26. The minimum Gasteiger partial charge on any atom is -0.390 e. The summed E-state index contributed by atoms with van der Waals surface area (Å²) >= 11 is 1.65. The maximum absolute atomic E-state index is 10.2. The van der Waals surface area contributed by atoms with Gasteiger partial charge in [0.2, 0.25) is 0 Å². The van der Waals surface area contributed by atoms with Crippen molar-refractivity contribution >= 4 is 11.3 Å². The van der Waals surface area contributed by atoms with Crippen LogP contribution in [0.5, 0.6) is 0 Å². The quantitative estimate of drug-likeness (QED) is 0.850. The van der Waals surface area contributed by atoms with Crippen molar-refractivity contribution in [1.29, 1.82) is 0 Å². The van der Waals surface area contributed by atoms with Crippen molar-refractivity contribution in [2.24, 2.45) is 0 Å². The molecule has 2 N–H and O–H groups in total. The third-order valence-corrected chi connectivity index (χ3v) is 3.61. The summed E-state index contributed by atoms with van der Waals surface area (Å²) < 4.78 is 0. The molecule has 0 saturated heterocycles. The molecule has 1 aromatic rings. The van der Waals surface area contributed by atoms with Crippen LogP contribution in [0.3, 0.4) is 0 Å². The van der Waals surface area contributed by atoms with Crippen LogP contribution in [0, 0.1) is 0 Å². The molecule has 0 aromatic carbocycles. The molecule has 0 amide bonds. The second-order valence-corrected chi connectivity index (χ2v) is 6.85. The van der Waals surface area contributed by atoms with E-state index in [-0.39, 0.29) is 5.41 Å². The molecule has 0 aliphatic heterocycles. The van der Waals surface area contributed by atoms with Crippen LogP contribution in [0.25, 0.3) is 0 Å². The summed E-state index contributed by atoms with van der Waals surface area (Å²) in [5.74, 6) is 0. The Balaban J connectivity index is 2.66. The smallest absolute Gasteiger partial charge is 0.0957 e. The first-order valence-corrected chi connectivity index (χ1v) is 6.94. The highest BCUT2D eigenvalue weighted by molar-refractivity contribution is 7.09. The van der Waals surface area contributed by atoms with E-state index in [1.165, 1.54) is 0 Å². The van der Waals surface area contributed by atoms with E-state index in [0.29, 0.717) is 6.42 Å². The van der Waals surface area contributed by atoms with E-state index in [9.17, 15) is 5.11 Å². The Morgan fingerprint density at radius 1 is 1.35 bits per heavy atom. The molecule has 0 spiro atoms. The highest BCUT2D eigenvalue weighted by Gasteiger charge is 2.24. The van der Waals surface area contributed by atoms with Gasteiger partial charge in [0.25, 0.3) is 0 Å². The summed E-state index contributed by atoms with van der Waals surface area (Å²) in [6, 6.07) is 0. The van der Waals surface area contributed by atoms with Gasteiger partial charge in [-0.05, 0) is 26.9 Å². The number of hydrogen-bond donors (Lipinski definition) is 2. The topological polar surface area (TPSA) is 45.1 Å². The molecule has 1 atom stereocenters. The Bertz CT molecular complexity index is 353. The minimum atomic E-state index is -0.671. The van der Waals surface area contributed by atoms with Crippen LogP contribution in [0.2, 0.25) is 0 Å². The van der Waals surface area contributed by atoms with Crippen molar-refractivity contribution in [2.75, 3.05) is 13.6 Å². The molecule has 0 radical (unpaired) electrons. The lowest BCUT2D eigenvalue weighted by atomic mass is 9.93. The maximum Gasteiger partial charge on any atom is 0.0957 e. The van der Waals surface area contributed by atoms with Crippen LogP contribution < -0.4 is 5.32 Å².